The number of carbonyl (C=O) groups excluding carboxylic acids is 1. The highest BCUT2D eigenvalue weighted by Crippen LogP contribution is 2.15. The minimum atomic E-state index is 0.0182. The van der Waals surface area contributed by atoms with Crippen molar-refractivity contribution in [3.05, 3.63) is 0 Å². The number of carbonyl (C=O) groups is 1. The van der Waals surface area contributed by atoms with Crippen molar-refractivity contribution in [2.75, 3.05) is 6.61 Å². The van der Waals surface area contributed by atoms with Crippen molar-refractivity contribution >= 4 is 5.97 Å². The Morgan fingerprint density at radius 2 is 1.04 bits per heavy atom. The normalized spacial score (nSPS) is 12.2. The lowest BCUT2D eigenvalue weighted by Gasteiger charge is -2.14. The van der Waals surface area contributed by atoms with Gasteiger partial charge >= 0.3 is 5.97 Å². The van der Waals surface area contributed by atoms with Gasteiger partial charge in [-0.3, -0.25) is 4.79 Å². The Morgan fingerprint density at radius 1 is 0.607 bits per heavy atom. The van der Waals surface area contributed by atoms with Gasteiger partial charge < -0.3 is 4.74 Å². The summed E-state index contributed by atoms with van der Waals surface area (Å²) in [6.45, 7) is 7.33. The van der Waals surface area contributed by atoms with Crippen LogP contribution >= 0.6 is 0 Å². The van der Waals surface area contributed by atoms with Gasteiger partial charge in [0, 0.05) is 6.42 Å². The topological polar surface area (TPSA) is 26.3 Å². The zero-order valence-corrected chi connectivity index (χ0v) is 19.7. The molecule has 0 amide bonds. The highest BCUT2D eigenvalue weighted by atomic mass is 16.5. The standard InChI is InChI=1S/C26H52O2/c1-4-7-9-10-11-12-13-14-15-16-17-18-19-20-21-23-26(27)28-24-25(6-3)22-8-5-2/h25H,4-24H2,1-3H3/t25-/m0/s1. The van der Waals surface area contributed by atoms with Crippen LogP contribution < -0.4 is 0 Å². The fourth-order valence-electron chi connectivity index (χ4n) is 3.82. The van der Waals surface area contributed by atoms with Crippen molar-refractivity contribution in [1.29, 1.82) is 0 Å². The number of ether oxygens (including phenoxy) is 1. The molecule has 0 heterocycles. The summed E-state index contributed by atoms with van der Waals surface area (Å²) in [4.78, 5) is 11.8. The summed E-state index contributed by atoms with van der Waals surface area (Å²) in [5, 5.41) is 0. The zero-order chi connectivity index (χ0) is 20.7. The van der Waals surface area contributed by atoms with E-state index in [0.717, 1.165) is 12.8 Å². The summed E-state index contributed by atoms with van der Waals surface area (Å²) in [5.41, 5.74) is 0. The summed E-state index contributed by atoms with van der Waals surface area (Å²) >= 11 is 0. The molecular formula is C26H52O2. The number of hydrogen-bond donors (Lipinski definition) is 0. The SMILES string of the molecule is CCCCCCCCCCCCCCCCCC(=O)OC[C@@H](CC)CCCC. The first-order valence-electron chi connectivity index (χ1n) is 12.9. The predicted octanol–water partition coefficient (Wildman–Crippen LogP) is 9.01. The van der Waals surface area contributed by atoms with E-state index in [4.69, 9.17) is 4.74 Å². The van der Waals surface area contributed by atoms with Crippen LogP contribution in [0.15, 0.2) is 0 Å². The first kappa shape index (κ1) is 27.5. The Bertz CT molecular complexity index is 314. The quantitative estimate of drug-likeness (QED) is 0.135. The Kier molecular flexibility index (Phi) is 22.3. The van der Waals surface area contributed by atoms with E-state index in [1.165, 1.54) is 109 Å². The molecule has 0 unspecified atom stereocenters. The molecule has 0 saturated carbocycles. The monoisotopic (exact) mass is 396 g/mol. The Hall–Kier alpha value is -0.530. The summed E-state index contributed by atoms with van der Waals surface area (Å²) in [6.07, 6.45) is 25.8. The van der Waals surface area contributed by atoms with Gasteiger partial charge in [-0.05, 0) is 18.8 Å². The molecule has 0 fully saturated rings. The maximum absolute atomic E-state index is 11.8. The second-order valence-electron chi connectivity index (χ2n) is 8.80. The van der Waals surface area contributed by atoms with E-state index in [1.807, 2.05) is 0 Å². The van der Waals surface area contributed by atoms with Crippen LogP contribution in [0.2, 0.25) is 0 Å². The second-order valence-corrected chi connectivity index (χ2v) is 8.80. The molecule has 1 atom stereocenters. The van der Waals surface area contributed by atoms with Crippen LogP contribution in [-0.2, 0) is 9.53 Å². The van der Waals surface area contributed by atoms with Crippen LogP contribution in [0, 0.1) is 5.92 Å². The van der Waals surface area contributed by atoms with Gasteiger partial charge in [-0.1, -0.05) is 130 Å². The lowest BCUT2D eigenvalue weighted by atomic mass is 10.0. The van der Waals surface area contributed by atoms with Gasteiger partial charge in [-0.2, -0.15) is 0 Å². The number of rotatable bonds is 22. The third-order valence-corrected chi connectivity index (χ3v) is 6.01. The van der Waals surface area contributed by atoms with Gasteiger partial charge in [-0.15, -0.1) is 0 Å². The molecule has 28 heavy (non-hydrogen) atoms. The second kappa shape index (κ2) is 22.8. The summed E-state index contributed by atoms with van der Waals surface area (Å²) < 4.78 is 5.47. The third-order valence-electron chi connectivity index (χ3n) is 6.01. The molecule has 0 radical (unpaired) electrons. The lowest BCUT2D eigenvalue weighted by molar-refractivity contribution is -0.145. The minimum absolute atomic E-state index is 0.0182. The Balaban J connectivity index is 3.27. The molecule has 0 spiro atoms. The van der Waals surface area contributed by atoms with Crippen LogP contribution in [0.3, 0.4) is 0 Å². The minimum Gasteiger partial charge on any atom is -0.465 e. The van der Waals surface area contributed by atoms with Gasteiger partial charge in [0.1, 0.15) is 0 Å². The number of hydrogen-bond acceptors (Lipinski definition) is 2. The molecule has 168 valence electrons. The number of esters is 1. The summed E-state index contributed by atoms with van der Waals surface area (Å²) in [6, 6.07) is 0. The maximum Gasteiger partial charge on any atom is 0.305 e. The van der Waals surface area contributed by atoms with E-state index in [9.17, 15) is 4.79 Å². The molecule has 0 aliphatic heterocycles. The molecule has 0 N–H and O–H groups in total. The highest BCUT2D eigenvalue weighted by molar-refractivity contribution is 5.69. The summed E-state index contributed by atoms with van der Waals surface area (Å²) in [7, 11) is 0. The molecule has 2 nitrogen and oxygen atoms in total. The average molecular weight is 397 g/mol. The van der Waals surface area contributed by atoms with Crippen molar-refractivity contribution < 1.29 is 9.53 Å². The molecule has 0 aliphatic rings. The van der Waals surface area contributed by atoms with Crippen LogP contribution in [-0.4, -0.2) is 12.6 Å². The fourth-order valence-corrected chi connectivity index (χ4v) is 3.82. The third kappa shape index (κ3) is 20.2. The van der Waals surface area contributed by atoms with Gasteiger partial charge in [0.2, 0.25) is 0 Å². The lowest BCUT2D eigenvalue weighted by Crippen LogP contribution is -2.13. The van der Waals surface area contributed by atoms with E-state index in [2.05, 4.69) is 20.8 Å². The van der Waals surface area contributed by atoms with E-state index in [0.29, 0.717) is 18.9 Å². The van der Waals surface area contributed by atoms with Crippen LogP contribution in [0.5, 0.6) is 0 Å². The number of unbranched alkanes of at least 4 members (excludes halogenated alkanes) is 15. The largest absolute Gasteiger partial charge is 0.465 e. The van der Waals surface area contributed by atoms with Crippen LogP contribution in [0.1, 0.15) is 149 Å². The van der Waals surface area contributed by atoms with Gasteiger partial charge in [0.15, 0.2) is 0 Å². The van der Waals surface area contributed by atoms with Gasteiger partial charge in [0.05, 0.1) is 6.61 Å². The molecule has 0 rings (SSSR count). The van der Waals surface area contributed by atoms with E-state index in [-0.39, 0.29) is 5.97 Å². The molecule has 0 bridgehead atoms. The average Bonchev–Trinajstić information content (AvgIpc) is 2.71. The Morgan fingerprint density at radius 3 is 1.46 bits per heavy atom. The van der Waals surface area contributed by atoms with Gasteiger partial charge in [-0.25, -0.2) is 0 Å². The molecular weight excluding hydrogens is 344 g/mol. The predicted molar refractivity (Wildman–Crippen MR) is 124 cm³/mol. The van der Waals surface area contributed by atoms with Crippen LogP contribution in [0.4, 0.5) is 0 Å². The Labute approximate surface area is 177 Å². The molecule has 0 aromatic carbocycles. The molecule has 0 saturated heterocycles. The van der Waals surface area contributed by atoms with E-state index in [1.54, 1.807) is 0 Å². The van der Waals surface area contributed by atoms with Crippen molar-refractivity contribution in [3.8, 4) is 0 Å². The van der Waals surface area contributed by atoms with E-state index < -0.39 is 0 Å². The molecule has 0 aromatic heterocycles. The van der Waals surface area contributed by atoms with E-state index >= 15 is 0 Å². The molecule has 0 aliphatic carbocycles. The smallest absolute Gasteiger partial charge is 0.305 e. The maximum atomic E-state index is 11.8. The molecule has 0 aromatic rings. The highest BCUT2D eigenvalue weighted by Gasteiger charge is 2.09. The molecule has 2 heteroatoms. The first-order chi connectivity index (χ1) is 13.7. The van der Waals surface area contributed by atoms with Crippen molar-refractivity contribution in [2.45, 2.75) is 149 Å². The van der Waals surface area contributed by atoms with Crippen molar-refractivity contribution in [3.63, 3.8) is 0 Å². The zero-order valence-electron chi connectivity index (χ0n) is 19.7. The van der Waals surface area contributed by atoms with Crippen molar-refractivity contribution in [2.24, 2.45) is 5.92 Å². The van der Waals surface area contributed by atoms with Gasteiger partial charge in [0.25, 0.3) is 0 Å². The van der Waals surface area contributed by atoms with Crippen molar-refractivity contribution in [1.82, 2.24) is 0 Å². The first-order valence-corrected chi connectivity index (χ1v) is 12.9. The summed E-state index contributed by atoms with van der Waals surface area (Å²) in [5.74, 6) is 0.578. The van der Waals surface area contributed by atoms with Crippen LogP contribution in [0.25, 0.3) is 0 Å². The fraction of sp³-hybridized carbons (Fsp3) is 0.962.